The Morgan fingerprint density at radius 2 is 1.77 bits per heavy atom. The van der Waals surface area contributed by atoms with Gasteiger partial charge in [-0.05, 0) is 68.5 Å². The molecule has 0 spiro atoms. The fourth-order valence-electron chi connectivity index (χ4n) is 3.91. The Bertz CT molecular complexity index is 696. The van der Waals surface area contributed by atoms with Crippen LogP contribution in [0.3, 0.4) is 0 Å². The molecule has 1 saturated heterocycles. The van der Waals surface area contributed by atoms with Gasteiger partial charge in [0.1, 0.15) is 5.75 Å². The van der Waals surface area contributed by atoms with Crippen LogP contribution in [0.4, 0.5) is 0 Å². The third kappa shape index (κ3) is 4.44. The third-order valence-electron chi connectivity index (χ3n) is 5.66. The lowest BCUT2D eigenvalue weighted by Gasteiger charge is -2.38. The Hall–Kier alpha value is -1.88. The molecule has 1 aliphatic rings. The molecule has 3 N–H and O–H groups in total. The van der Waals surface area contributed by atoms with Crippen LogP contribution in [0.2, 0.25) is 0 Å². The van der Waals surface area contributed by atoms with Gasteiger partial charge in [-0.3, -0.25) is 4.90 Å². The molecule has 0 radical (unpaired) electrons. The number of phenols is 1. The summed E-state index contributed by atoms with van der Waals surface area (Å²) in [4.78, 5) is 2.34. The van der Waals surface area contributed by atoms with Crippen molar-refractivity contribution in [2.24, 2.45) is 5.92 Å². The smallest absolute Gasteiger partial charge is 0.121 e. The van der Waals surface area contributed by atoms with Crippen LogP contribution < -0.4 is 0 Å². The van der Waals surface area contributed by atoms with Crippen LogP contribution in [0.25, 0.3) is 0 Å². The van der Waals surface area contributed by atoms with Crippen molar-refractivity contribution >= 4 is 0 Å². The minimum atomic E-state index is -0.633. The first-order chi connectivity index (χ1) is 12.6. The number of nitrogens with zero attached hydrogens (tertiary/aromatic N) is 1. The highest BCUT2D eigenvalue weighted by Gasteiger charge is 2.27. The van der Waals surface area contributed by atoms with Crippen molar-refractivity contribution < 1.29 is 15.3 Å². The largest absolute Gasteiger partial charge is 0.508 e. The first kappa shape index (κ1) is 18.9. The van der Waals surface area contributed by atoms with Crippen molar-refractivity contribution in [3.05, 3.63) is 65.2 Å². The predicted molar refractivity (Wildman–Crippen MR) is 103 cm³/mol. The second kappa shape index (κ2) is 8.67. The van der Waals surface area contributed by atoms with Gasteiger partial charge >= 0.3 is 0 Å². The van der Waals surface area contributed by atoms with E-state index in [1.807, 2.05) is 6.92 Å². The first-order valence-corrected chi connectivity index (χ1v) is 9.47. The zero-order valence-corrected chi connectivity index (χ0v) is 15.4. The van der Waals surface area contributed by atoms with Gasteiger partial charge in [-0.15, -0.1) is 0 Å². The maximum atomic E-state index is 10.7. The summed E-state index contributed by atoms with van der Waals surface area (Å²) < 4.78 is 0. The minimum absolute atomic E-state index is 0.00348. The van der Waals surface area contributed by atoms with Crippen LogP contribution in [0.15, 0.2) is 48.5 Å². The average molecular weight is 355 g/mol. The van der Waals surface area contributed by atoms with Crippen LogP contribution >= 0.6 is 0 Å². The maximum absolute atomic E-state index is 10.7. The van der Waals surface area contributed by atoms with Gasteiger partial charge < -0.3 is 15.3 Å². The van der Waals surface area contributed by atoms with Gasteiger partial charge in [0.15, 0.2) is 0 Å². The van der Waals surface area contributed by atoms with E-state index < -0.39 is 6.10 Å². The molecule has 4 nitrogen and oxygen atoms in total. The van der Waals surface area contributed by atoms with E-state index in [-0.39, 0.29) is 18.4 Å². The summed E-state index contributed by atoms with van der Waals surface area (Å²) in [5, 5.41) is 29.8. The Kier molecular flexibility index (Phi) is 6.30. The third-order valence-corrected chi connectivity index (χ3v) is 5.66. The molecule has 4 heteroatoms. The van der Waals surface area contributed by atoms with Crippen molar-refractivity contribution in [2.45, 2.75) is 44.9 Å². The normalized spacial score (nSPS) is 18.6. The summed E-state index contributed by atoms with van der Waals surface area (Å²) in [6.07, 6.45) is 2.78. The van der Waals surface area contributed by atoms with E-state index in [1.54, 1.807) is 18.2 Å². The molecule has 2 atom stereocenters. The lowest BCUT2D eigenvalue weighted by molar-refractivity contribution is 0.0372. The fraction of sp³-hybridized carbons (Fsp3) is 0.455. The van der Waals surface area contributed by atoms with E-state index in [9.17, 15) is 15.3 Å². The van der Waals surface area contributed by atoms with Gasteiger partial charge in [0.25, 0.3) is 0 Å². The molecule has 2 unspecified atom stereocenters. The Labute approximate surface area is 155 Å². The van der Waals surface area contributed by atoms with Gasteiger partial charge in [0.2, 0.25) is 0 Å². The highest BCUT2D eigenvalue weighted by molar-refractivity contribution is 5.36. The van der Waals surface area contributed by atoms with E-state index >= 15 is 0 Å². The molecule has 2 aromatic rings. The minimum Gasteiger partial charge on any atom is -0.508 e. The van der Waals surface area contributed by atoms with Gasteiger partial charge in [-0.2, -0.15) is 0 Å². The Morgan fingerprint density at radius 3 is 2.42 bits per heavy atom. The number of aromatic hydroxyl groups is 1. The molecule has 140 valence electrons. The van der Waals surface area contributed by atoms with Gasteiger partial charge in [0, 0.05) is 11.6 Å². The van der Waals surface area contributed by atoms with Crippen LogP contribution in [0.5, 0.6) is 5.75 Å². The second-order valence-electron chi connectivity index (χ2n) is 7.40. The standard InChI is InChI=1S/C22H29NO3/c1-16(22(26)19-7-8-21(25)20(14-19)15-24)23-11-9-18(10-12-23)13-17-5-3-2-4-6-17/h2-8,14,16,18,22,24-26H,9-13,15H2,1H3. The summed E-state index contributed by atoms with van der Waals surface area (Å²) in [6.45, 7) is 3.79. The molecule has 3 rings (SSSR count). The number of aliphatic hydroxyl groups is 2. The predicted octanol–water partition coefficient (Wildman–Crippen LogP) is 3.26. The molecule has 1 heterocycles. The van der Waals surface area contributed by atoms with Crippen LogP contribution in [-0.4, -0.2) is 39.4 Å². The van der Waals surface area contributed by atoms with Crippen molar-refractivity contribution in [3.63, 3.8) is 0 Å². The van der Waals surface area contributed by atoms with Gasteiger partial charge in [-0.1, -0.05) is 36.4 Å². The molecule has 2 aromatic carbocycles. The molecular formula is C22H29NO3. The molecular weight excluding hydrogens is 326 g/mol. The average Bonchev–Trinajstić information content (AvgIpc) is 2.68. The number of hydrogen-bond donors (Lipinski definition) is 3. The quantitative estimate of drug-likeness (QED) is 0.744. The highest BCUT2D eigenvalue weighted by atomic mass is 16.3. The maximum Gasteiger partial charge on any atom is 0.121 e. The summed E-state index contributed by atoms with van der Waals surface area (Å²) >= 11 is 0. The molecule has 26 heavy (non-hydrogen) atoms. The number of rotatable bonds is 6. The van der Waals surface area contributed by atoms with E-state index in [2.05, 4.69) is 35.2 Å². The van der Waals surface area contributed by atoms with Gasteiger partial charge in [-0.25, -0.2) is 0 Å². The number of piperidine rings is 1. The van der Waals surface area contributed by atoms with E-state index in [1.165, 1.54) is 5.56 Å². The monoisotopic (exact) mass is 355 g/mol. The van der Waals surface area contributed by atoms with Gasteiger partial charge in [0.05, 0.1) is 12.7 Å². The molecule has 0 aromatic heterocycles. The van der Waals surface area contributed by atoms with E-state index in [4.69, 9.17) is 0 Å². The lowest BCUT2D eigenvalue weighted by atomic mass is 9.89. The molecule has 0 aliphatic carbocycles. The SMILES string of the molecule is CC(C(O)c1ccc(O)c(CO)c1)N1CCC(Cc2ccccc2)CC1. The number of hydrogen-bond acceptors (Lipinski definition) is 4. The molecule has 1 fully saturated rings. The van der Waals surface area contributed by atoms with Crippen molar-refractivity contribution in [1.82, 2.24) is 4.90 Å². The zero-order valence-electron chi connectivity index (χ0n) is 15.4. The topological polar surface area (TPSA) is 63.9 Å². The number of benzene rings is 2. The summed E-state index contributed by atoms with van der Waals surface area (Å²) in [5.41, 5.74) is 2.60. The summed E-state index contributed by atoms with van der Waals surface area (Å²) in [7, 11) is 0. The zero-order chi connectivity index (χ0) is 18.5. The van der Waals surface area contributed by atoms with Crippen molar-refractivity contribution in [1.29, 1.82) is 0 Å². The Balaban J connectivity index is 1.56. The van der Waals surface area contributed by atoms with E-state index in [0.717, 1.165) is 37.9 Å². The van der Waals surface area contributed by atoms with Crippen molar-refractivity contribution in [2.75, 3.05) is 13.1 Å². The summed E-state index contributed by atoms with van der Waals surface area (Å²) in [5.74, 6) is 0.769. The van der Waals surface area contributed by atoms with Crippen LogP contribution in [0.1, 0.15) is 42.6 Å². The highest BCUT2D eigenvalue weighted by Crippen LogP contribution is 2.29. The lowest BCUT2D eigenvalue weighted by Crippen LogP contribution is -2.43. The molecule has 1 aliphatic heterocycles. The van der Waals surface area contributed by atoms with E-state index in [0.29, 0.717) is 11.5 Å². The fourth-order valence-corrected chi connectivity index (χ4v) is 3.91. The summed E-state index contributed by atoms with van der Waals surface area (Å²) in [6, 6.07) is 15.6. The molecule has 0 saturated carbocycles. The van der Waals surface area contributed by atoms with Crippen LogP contribution in [0, 0.1) is 5.92 Å². The number of aliphatic hydroxyl groups excluding tert-OH is 2. The van der Waals surface area contributed by atoms with Crippen LogP contribution in [-0.2, 0) is 13.0 Å². The first-order valence-electron chi connectivity index (χ1n) is 9.47. The molecule has 0 amide bonds. The Morgan fingerprint density at radius 1 is 1.08 bits per heavy atom. The second-order valence-corrected chi connectivity index (χ2v) is 7.40. The number of likely N-dealkylation sites (tertiary alicyclic amines) is 1. The van der Waals surface area contributed by atoms with Crippen molar-refractivity contribution in [3.8, 4) is 5.75 Å². The molecule has 0 bridgehead atoms.